The SMILES string of the molecule is COc1ccc(CC(=O)NCc2ccc(CN3CCCCCC3)cc2)nc1. The molecule has 2 heterocycles. The van der Waals surface area contributed by atoms with Crippen molar-refractivity contribution in [1.82, 2.24) is 15.2 Å². The number of ether oxygens (including phenoxy) is 1. The van der Waals surface area contributed by atoms with E-state index in [1.165, 1.54) is 44.3 Å². The smallest absolute Gasteiger partial charge is 0.226 e. The van der Waals surface area contributed by atoms with Crippen molar-refractivity contribution in [3.05, 3.63) is 59.4 Å². The molecular weight excluding hydrogens is 338 g/mol. The van der Waals surface area contributed by atoms with Crippen molar-refractivity contribution in [3.63, 3.8) is 0 Å². The highest BCUT2D eigenvalue weighted by Crippen LogP contribution is 2.14. The second-order valence-electron chi connectivity index (χ2n) is 7.15. The van der Waals surface area contributed by atoms with Gasteiger partial charge < -0.3 is 10.1 Å². The lowest BCUT2D eigenvalue weighted by Crippen LogP contribution is -2.25. The molecule has 0 bridgehead atoms. The topological polar surface area (TPSA) is 54.5 Å². The minimum atomic E-state index is -0.0266. The molecule has 1 aromatic heterocycles. The fraction of sp³-hybridized carbons (Fsp3) is 0.455. The summed E-state index contributed by atoms with van der Waals surface area (Å²) in [5.41, 5.74) is 3.20. The van der Waals surface area contributed by atoms with Gasteiger partial charge in [-0.1, -0.05) is 37.1 Å². The van der Waals surface area contributed by atoms with Crippen LogP contribution in [0, 0.1) is 0 Å². The predicted molar refractivity (Wildman–Crippen MR) is 107 cm³/mol. The molecule has 1 aromatic carbocycles. The average molecular weight is 367 g/mol. The molecule has 2 aromatic rings. The normalized spacial score (nSPS) is 15.1. The van der Waals surface area contributed by atoms with Crippen LogP contribution < -0.4 is 10.1 Å². The van der Waals surface area contributed by atoms with Crippen LogP contribution in [0.1, 0.15) is 42.5 Å². The molecule has 1 aliphatic heterocycles. The summed E-state index contributed by atoms with van der Waals surface area (Å²) in [7, 11) is 1.60. The fourth-order valence-electron chi connectivity index (χ4n) is 3.38. The van der Waals surface area contributed by atoms with Gasteiger partial charge in [0.2, 0.25) is 5.91 Å². The first-order valence-electron chi connectivity index (χ1n) is 9.79. The van der Waals surface area contributed by atoms with Crippen LogP contribution >= 0.6 is 0 Å². The van der Waals surface area contributed by atoms with E-state index in [-0.39, 0.29) is 12.3 Å². The lowest BCUT2D eigenvalue weighted by atomic mass is 10.1. The lowest BCUT2D eigenvalue weighted by Gasteiger charge is -2.19. The van der Waals surface area contributed by atoms with Crippen LogP contribution in [0.5, 0.6) is 5.75 Å². The Bertz CT molecular complexity index is 705. The molecule has 0 saturated carbocycles. The monoisotopic (exact) mass is 367 g/mol. The van der Waals surface area contributed by atoms with E-state index >= 15 is 0 Å². The largest absolute Gasteiger partial charge is 0.495 e. The zero-order valence-corrected chi connectivity index (χ0v) is 16.1. The molecule has 1 amide bonds. The molecule has 0 radical (unpaired) electrons. The van der Waals surface area contributed by atoms with Crippen LogP contribution in [-0.4, -0.2) is 36.0 Å². The molecule has 0 aliphatic carbocycles. The van der Waals surface area contributed by atoms with Gasteiger partial charge in [-0.25, -0.2) is 0 Å². The first kappa shape index (κ1) is 19.4. The number of hydrogen-bond acceptors (Lipinski definition) is 4. The van der Waals surface area contributed by atoms with Crippen LogP contribution in [0.25, 0.3) is 0 Å². The van der Waals surface area contributed by atoms with Crippen molar-refractivity contribution in [1.29, 1.82) is 0 Å². The third-order valence-electron chi connectivity index (χ3n) is 4.99. The van der Waals surface area contributed by atoms with Gasteiger partial charge >= 0.3 is 0 Å². The molecule has 5 heteroatoms. The maximum absolute atomic E-state index is 12.1. The Balaban J connectivity index is 1.44. The van der Waals surface area contributed by atoms with Crippen LogP contribution in [0.15, 0.2) is 42.6 Å². The van der Waals surface area contributed by atoms with Crippen LogP contribution in [0.3, 0.4) is 0 Å². The summed E-state index contributed by atoms with van der Waals surface area (Å²) in [4.78, 5) is 18.9. The van der Waals surface area contributed by atoms with Crippen LogP contribution in [0.2, 0.25) is 0 Å². The van der Waals surface area contributed by atoms with Crippen molar-refractivity contribution in [2.45, 2.75) is 45.2 Å². The molecule has 1 aliphatic rings. The summed E-state index contributed by atoms with van der Waals surface area (Å²) in [5, 5.41) is 2.96. The second kappa shape index (κ2) is 10.1. The van der Waals surface area contributed by atoms with Crippen molar-refractivity contribution in [3.8, 4) is 5.75 Å². The van der Waals surface area contributed by atoms with Gasteiger partial charge in [0.25, 0.3) is 0 Å². The molecule has 3 rings (SSSR count). The predicted octanol–water partition coefficient (Wildman–Crippen LogP) is 3.33. The summed E-state index contributed by atoms with van der Waals surface area (Å²) in [5.74, 6) is 0.667. The van der Waals surface area contributed by atoms with Gasteiger partial charge in [0.05, 0.1) is 19.7 Å². The summed E-state index contributed by atoms with van der Waals surface area (Å²) in [6.07, 6.45) is 7.26. The molecular formula is C22H29N3O2. The number of carbonyl (C=O) groups is 1. The second-order valence-corrected chi connectivity index (χ2v) is 7.15. The van der Waals surface area contributed by atoms with Gasteiger partial charge in [0.15, 0.2) is 0 Å². The van der Waals surface area contributed by atoms with Crippen LogP contribution in [-0.2, 0) is 24.3 Å². The highest BCUT2D eigenvalue weighted by Gasteiger charge is 2.09. The summed E-state index contributed by atoms with van der Waals surface area (Å²) in [6.45, 7) is 3.98. The Kier molecular flexibility index (Phi) is 7.22. The number of rotatable bonds is 7. The van der Waals surface area contributed by atoms with Crippen molar-refractivity contribution in [2.24, 2.45) is 0 Å². The van der Waals surface area contributed by atoms with Gasteiger partial charge in [-0.3, -0.25) is 14.7 Å². The molecule has 1 N–H and O–H groups in total. The average Bonchev–Trinajstić information content (AvgIpc) is 2.97. The van der Waals surface area contributed by atoms with E-state index in [0.717, 1.165) is 17.8 Å². The molecule has 1 fully saturated rings. The molecule has 144 valence electrons. The van der Waals surface area contributed by atoms with Gasteiger partial charge in [-0.15, -0.1) is 0 Å². The van der Waals surface area contributed by atoms with E-state index in [9.17, 15) is 4.79 Å². The molecule has 0 unspecified atom stereocenters. The summed E-state index contributed by atoms with van der Waals surface area (Å²) < 4.78 is 5.08. The van der Waals surface area contributed by atoms with Gasteiger partial charge in [-0.2, -0.15) is 0 Å². The number of aromatic nitrogens is 1. The summed E-state index contributed by atoms with van der Waals surface area (Å²) >= 11 is 0. The minimum Gasteiger partial charge on any atom is -0.495 e. The van der Waals surface area contributed by atoms with E-state index in [2.05, 4.69) is 39.5 Å². The molecule has 1 saturated heterocycles. The Morgan fingerprint density at radius 3 is 2.37 bits per heavy atom. The fourth-order valence-corrected chi connectivity index (χ4v) is 3.38. The van der Waals surface area contributed by atoms with Gasteiger partial charge in [-0.05, 0) is 49.2 Å². The Hall–Kier alpha value is -2.40. The standard InChI is InChI=1S/C22H29N3O2/c1-27-21-11-10-20(23-16-21)14-22(26)24-15-18-6-8-19(9-7-18)17-25-12-4-2-3-5-13-25/h6-11,16H,2-5,12-15,17H2,1H3,(H,24,26). The number of methoxy groups -OCH3 is 1. The third-order valence-corrected chi connectivity index (χ3v) is 4.99. The lowest BCUT2D eigenvalue weighted by molar-refractivity contribution is -0.120. The number of likely N-dealkylation sites (tertiary alicyclic amines) is 1. The molecule has 5 nitrogen and oxygen atoms in total. The number of nitrogens with zero attached hydrogens (tertiary/aromatic N) is 2. The van der Waals surface area contributed by atoms with Gasteiger partial charge in [0.1, 0.15) is 5.75 Å². The highest BCUT2D eigenvalue weighted by molar-refractivity contribution is 5.78. The zero-order chi connectivity index (χ0) is 18.9. The zero-order valence-electron chi connectivity index (χ0n) is 16.1. The highest BCUT2D eigenvalue weighted by atomic mass is 16.5. The van der Waals surface area contributed by atoms with Crippen LogP contribution in [0.4, 0.5) is 0 Å². The molecule has 0 spiro atoms. The van der Waals surface area contributed by atoms with E-state index in [4.69, 9.17) is 4.74 Å². The number of pyridine rings is 1. The van der Waals surface area contributed by atoms with Crippen molar-refractivity contribution >= 4 is 5.91 Å². The third kappa shape index (κ3) is 6.36. The number of benzene rings is 1. The number of carbonyl (C=O) groups excluding carboxylic acids is 1. The van der Waals surface area contributed by atoms with E-state index in [1.807, 2.05) is 12.1 Å². The summed E-state index contributed by atoms with van der Waals surface area (Å²) in [6, 6.07) is 12.2. The minimum absolute atomic E-state index is 0.0266. The quantitative estimate of drug-likeness (QED) is 0.816. The Labute approximate surface area is 161 Å². The first-order valence-corrected chi connectivity index (χ1v) is 9.79. The van der Waals surface area contributed by atoms with E-state index in [0.29, 0.717) is 12.3 Å². The first-order chi connectivity index (χ1) is 13.2. The van der Waals surface area contributed by atoms with Crippen molar-refractivity contribution in [2.75, 3.05) is 20.2 Å². The number of amides is 1. The van der Waals surface area contributed by atoms with Gasteiger partial charge in [0, 0.05) is 18.8 Å². The molecule has 0 atom stereocenters. The Morgan fingerprint density at radius 1 is 1.04 bits per heavy atom. The number of nitrogens with one attached hydrogen (secondary N) is 1. The number of hydrogen-bond donors (Lipinski definition) is 1. The molecule has 27 heavy (non-hydrogen) atoms. The maximum atomic E-state index is 12.1. The maximum Gasteiger partial charge on any atom is 0.226 e. The van der Waals surface area contributed by atoms with Crippen molar-refractivity contribution < 1.29 is 9.53 Å². The van der Waals surface area contributed by atoms with E-state index < -0.39 is 0 Å². The Morgan fingerprint density at radius 2 is 1.74 bits per heavy atom. The van der Waals surface area contributed by atoms with E-state index in [1.54, 1.807) is 13.3 Å².